The Bertz CT molecular complexity index is 322. The summed E-state index contributed by atoms with van der Waals surface area (Å²) in [7, 11) is 0. The van der Waals surface area contributed by atoms with Crippen LogP contribution in [0.2, 0.25) is 0 Å². The molecule has 2 heteroatoms. The lowest BCUT2D eigenvalue weighted by Crippen LogP contribution is -2.23. The molecule has 0 aliphatic rings. The van der Waals surface area contributed by atoms with Crippen molar-refractivity contribution in [2.45, 2.75) is 39.5 Å². The summed E-state index contributed by atoms with van der Waals surface area (Å²) in [4.78, 5) is 0. The van der Waals surface area contributed by atoms with Crippen molar-refractivity contribution in [2.24, 2.45) is 5.92 Å². The van der Waals surface area contributed by atoms with Gasteiger partial charge in [0.05, 0.1) is 0 Å². The Hall–Kier alpha value is -0.890. The van der Waals surface area contributed by atoms with Gasteiger partial charge in [0.1, 0.15) is 5.82 Å². The molecule has 0 spiro atoms. The summed E-state index contributed by atoms with van der Waals surface area (Å²) in [6, 6.07) is 7.01. The molecule has 1 unspecified atom stereocenters. The zero-order valence-electron chi connectivity index (χ0n) is 11.2. The predicted octanol–water partition coefficient (Wildman–Crippen LogP) is 3.96. The summed E-state index contributed by atoms with van der Waals surface area (Å²) in [6.45, 7) is 8.56. The van der Waals surface area contributed by atoms with Crippen molar-refractivity contribution in [3.63, 3.8) is 0 Å². The molecule has 0 aromatic heterocycles. The normalized spacial score (nSPS) is 13.0. The summed E-state index contributed by atoms with van der Waals surface area (Å²) < 4.78 is 13.2. The van der Waals surface area contributed by atoms with Crippen molar-refractivity contribution >= 4 is 0 Å². The molecule has 0 saturated heterocycles. The molecule has 0 saturated carbocycles. The van der Waals surface area contributed by atoms with E-state index in [1.54, 1.807) is 12.1 Å². The highest BCUT2D eigenvalue weighted by Crippen LogP contribution is 2.23. The number of benzene rings is 1. The summed E-state index contributed by atoms with van der Waals surface area (Å²) >= 11 is 0. The Kier molecular flexibility index (Phi) is 6.20. The van der Waals surface area contributed by atoms with Crippen molar-refractivity contribution in [3.8, 4) is 0 Å². The number of halogens is 1. The molecular weight excluding hydrogens is 213 g/mol. The topological polar surface area (TPSA) is 12.0 Å². The maximum atomic E-state index is 13.2. The highest BCUT2D eigenvalue weighted by molar-refractivity contribution is 5.21. The fourth-order valence-corrected chi connectivity index (χ4v) is 2.12. The third-order valence-electron chi connectivity index (χ3n) is 2.89. The first-order chi connectivity index (χ1) is 8.13. The molecule has 0 heterocycles. The first-order valence-electron chi connectivity index (χ1n) is 6.59. The first-order valence-corrected chi connectivity index (χ1v) is 6.59. The maximum absolute atomic E-state index is 13.2. The minimum atomic E-state index is -0.133. The SMILES string of the molecule is CCCNCC(CC(C)C)c1cccc(F)c1. The van der Waals surface area contributed by atoms with E-state index in [-0.39, 0.29) is 5.82 Å². The second-order valence-corrected chi connectivity index (χ2v) is 5.09. The summed E-state index contributed by atoms with van der Waals surface area (Å²) in [6.07, 6.45) is 2.23. The quantitative estimate of drug-likeness (QED) is 0.708. The Morgan fingerprint density at radius 2 is 2.06 bits per heavy atom. The van der Waals surface area contributed by atoms with Gasteiger partial charge in [-0.05, 0) is 48.9 Å². The van der Waals surface area contributed by atoms with Crippen LogP contribution < -0.4 is 5.32 Å². The molecule has 17 heavy (non-hydrogen) atoms. The second-order valence-electron chi connectivity index (χ2n) is 5.09. The van der Waals surface area contributed by atoms with Gasteiger partial charge in [-0.2, -0.15) is 0 Å². The maximum Gasteiger partial charge on any atom is 0.123 e. The summed E-state index contributed by atoms with van der Waals surface area (Å²) in [5.41, 5.74) is 1.11. The Balaban J connectivity index is 2.67. The second kappa shape index (κ2) is 7.44. The predicted molar refractivity (Wildman–Crippen MR) is 71.8 cm³/mol. The van der Waals surface area contributed by atoms with Crippen molar-refractivity contribution < 1.29 is 4.39 Å². The molecule has 1 atom stereocenters. The van der Waals surface area contributed by atoms with Crippen molar-refractivity contribution in [1.29, 1.82) is 0 Å². The lowest BCUT2D eigenvalue weighted by atomic mass is 9.90. The van der Waals surface area contributed by atoms with E-state index in [4.69, 9.17) is 0 Å². The van der Waals surface area contributed by atoms with Crippen LogP contribution in [-0.2, 0) is 0 Å². The van der Waals surface area contributed by atoms with Crippen LogP contribution in [0.3, 0.4) is 0 Å². The van der Waals surface area contributed by atoms with Crippen molar-refractivity contribution in [1.82, 2.24) is 5.32 Å². The van der Waals surface area contributed by atoms with Gasteiger partial charge >= 0.3 is 0 Å². The molecule has 1 aromatic carbocycles. The van der Waals surface area contributed by atoms with Gasteiger partial charge in [-0.15, -0.1) is 0 Å². The van der Waals surface area contributed by atoms with Crippen LogP contribution in [0.1, 0.15) is 45.1 Å². The van der Waals surface area contributed by atoms with Crippen LogP contribution in [0.15, 0.2) is 24.3 Å². The van der Waals surface area contributed by atoms with E-state index < -0.39 is 0 Å². The molecule has 0 amide bonds. The largest absolute Gasteiger partial charge is 0.316 e. The molecule has 0 radical (unpaired) electrons. The lowest BCUT2D eigenvalue weighted by molar-refractivity contribution is 0.468. The van der Waals surface area contributed by atoms with Gasteiger partial charge in [0.15, 0.2) is 0 Å². The van der Waals surface area contributed by atoms with Crippen LogP contribution >= 0.6 is 0 Å². The van der Waals surface area contributed by atoms with Gasteiger partial charge in [0, 0.05) is 6.54 Å². The fourth-order valence-electron chi connectivity index (χ4n) is 2.12. The number of rotatable bonds is 7. The fraction of sp³-hybridized carbons (Fsp3) is 0.600. The van der Waals surface area contributed by atoms with Gasteiger partial charge in [0.2, 0.25) is 0 Å². The van der Waals surface area contributed by atoms with Gasteiger partial charge in [-0.1, -0.05) is 32.9 Å². The van der Waals surface area contributed by atoms with E-state index in [0.29, 0.717) is 11.8 Å². The molecular formula is C15H24FN. The monoisotopic (exact) mass is 237 g/mol. The Morgan fingerprint density at radius 3 is 2.65 bits per heavy atom. The van der Waals surface area contributed by atoms with Gasteiger partial charge in [-0.3, -0.25) is 0 Å². The van der Waals surface area contributed by atoms with Crippen LogP contribution in [0.25, 0.3) is 0 Å². The average Bonchev–Trinajstić information content (AvgIpc) is 2.27. The standard InChI is InChI=1S/C15H24FN/c1-4-8-17-11-14(9-12(2)3)13-6-5-7-15(16)10-13/h5-7,10,12,14,17H,4,8-9,11H2,1-3H3. The number of hydrogen-bond acceptors (Lipinski definition) is 1. The van der Waals surface area contributed by atoms with Crippen molar-refractivity contribution in [2.75, 3.05) is 13.1 Å². The van der Waals surface area contributed by atoms with Gasteiger partial charge in [0.25, 0.3) is 0 Å². The number of nitrogens with one attached hydrogen (secondary N) is 1. The highest BCUT2D eigenvalue weighted by atomic mass is 19.1. The van der Waals surface area contributed by atoms with E-state index >= 15 is 0 Å². The molecule has 0 aliphatic heterocycles. The average molecular weight is 237 g/mol. The minimum absolute atomic E-state index is 0.133. The summed E-state index contributed by atoms with van der Waals surface area (Å²) in [5, 5.41) is 3.44. The van der Waals surface area contributed by atoms with Crippen LogP contribution in [0, 0.1) is 11.7 Å². The third-order valence-corrected chi connectivity index (χ3v) is 2.89. The molecule has 1 nitrogen and oxygen atoms in total. The molecule has 96 valence electrons. The molecule has 0 fully saturated rings. The van der Waals surface area contributed by atoms with E-state index in [2.05, 4.69) is 26.1 Å². The zero-order chi connectivity index (χ0) is 12.7. The zero-order valence-corrected chi connectivity index (χ0v) is 11.2. The smallest absolute Gasteiger partial charge is 0.123 e. The first kappa shape index (κ1) is 14.2. The molecule has 1 N–H and O–H groups in total. The van der Waals surface area contributed by atoms with Crippen LogP contribution in [0.5, 0.6) is 0 Å². The third kappa shape index (κ3) is 5.31. The Labute approximate surface area is 104 Å². The van der Waals surface area contributed by atoms with E-state index in [0.717, 1.165) is 31.5 Å². The van der Waals surface area contributed by atoms with E-state index in [9.17, 15) is 4.39 Å². The van der Waals surface area contributed by atoms with Crippen LogP contribution in [-0.4, -0.2) is 13.1 Å². The minimum Gasteiger partial charge on any atom is -0.316 e. The molecule has 1 rings (SSSR count). The van der Waals surface area contributed by atoms with E-state index in [1.807, 2.05) is 6.07 Å². The lowest BCUT2D eigenvalue weighted by Gasteiger charge is -2.20. The van der Waals surface area contributed by atoms with Crippen molar-refractivity contribution in [3.05, 3.63) is 35.6 Å². The molecule has 0 aliphatic carbocycles. The van der Waals surface area contributed by atoms with Crippen LogP contribution in [0.4, 0.5) is 4.39 Å². The molecule has 1 aromatic rings. The number of hydrogen-bond donors (Lipinski definition) is 1. The highest BCUT2D eigenvalue weighted by Gasteiger charge is 2.13. The van der Waals surface area contributed by atoms with E-state index in [1.165, 1.54) is 6.07 Å². The van der Waals surface area contributed by atoms with Gasteiger partial charge < -0.3 is 5.32 Å². The van der Waals surface area contributed by atoms with Gasteiger partial charge in [-0.25, -0.2) is 4.39 Å². The molecule has 0 bridgehead atoms. The summed E-state index contributed by atoms with van der Waals surface area (Å²) in [5.74, 6) is 0.913. The Morgan fingerprint density at radius 1 is 1.29 bits per heavy atom.